The number of carboxylic acid groups (broad SMARTS) is 1. The molecule has 1 unspecified atom stereocenters. The number of benzene rings is 2. The van der Waals surface area contributed by atoms with E-state index in [4.69, 9.17) is 11.6 Å². The molecular weight excluding hydrogens is 298 g/mol. The van der Waals surface area contributed by atoms with Gasteiger partial charge in [0, 0.05) is 5.02 Å². The monoisotopic (exact) mass is 310 g/mol. The van der Waals surface area contributed by atoms with Gasteiger partial charge in [-0.3, -0.25) is 4.79 Å². The van der Waals surface area contributed by atoms with Crippen molar-refractivity contribution in [3.05, 3.63) is 70.2 Å². The quantitative estimate of drug-likeness (QED) is 0.902. The van der Waals surface area contributed by atoms with E-state index in [1.54, 1.807) is 24.3 Å². The Hall–Kier alpha value is -1.94. The molecule has 0 aliphatic rings. The number of halogens is 3. The van der Waals surface area contributed by atoms with Crippen LogP contribution < -0.4 is 0 Å². The fourth-order valence-electron chi connectivity index (χ4n) is 2.17. The number of aliphatic carboxylic acids is 1. The van der Waals surface area contributed by atoms with Gasteiger partial charge in [0.2, 0.25) is 0 Å². The highest BCUT2D eigenvalue weighted by atomic mass is 35.5. The Morgan fingerprint density at radius 1 is 1.14 bits per heavy atom. The predicted molar refractivity (Wildman–Crippen MR) is 76.3 cm³/mol. The Kier molecular flexibility index (Phi) is 4.91. The maximum Gasteiger partial charge on any atom is 0.307 e. The summed E-state index contributed by atoms with van der Waals surface area (Å²) in [6, 6.07) is 10.6. The van der Waals surface area contributed by atoms with E-state index in [0.29, 0.717) is 5.02 Å². The van der Waals surface area contributed by atoms with E-state index < -0.39 is 23.5 Å². The number of rotatable bonds is 5. The maximum absolute atomic E-state index is 13.6. The molecule has 0 aliphatic heterocycles. The van der Waals surface area contributed by atoms with Crippen LogP contribution in [0.2, 0.25) is 5.02 Å². The summed E-state index contributed by atoms with van der Waals surface area (Å²) in [7, 11) is 0. The lowest BCUT2D eigenvalue weighted by molar-refractivity contribution is -0.141. The predicted octanol–water partition coefficient (Wildman–Crippen LogP) is 4.10. The number of hydrogen-bond acceptors (Lipinski definition) is 1. The van der Waals surface area contributed by atoms with Crippen LogP contribution in [0.3, 0.4) is 0 Å². The van der Waals surface area contributed by atoms with Gasteiger partial charge in [-0.15, -0.1) is 0 Å². The van der Waals surface area contributed by atoms with Gasteiger partial charge in [-0.05, 0) is 42.2 Å². The van der Waals surface area contributed by atoms with Crippen LogP contribution in [-0.4, -0.2) is 11.1 Å². The van der Waals surface area contributed by atoms with Crippen LogP contribution in [0.25, 0.3) is 0 Å². The molecular formula is C16H13ClF2O2. The average molecular weight is 311 g/mol. The lowest BCUT2D eigenvalue weighted by Crippen LogP contribution is -2.20. The van der Waals surface area contributed by atoms with Crippen molar-refractivity contribution in [3.8, 4) is 0 Å². The van der Waals surface area contributed by atoms with Crippen molar-refractivity contribution in [1.29, 1.82) is 0 Å². The second-order valence-electron chi connectivity index (χ2n) is 4.79. The minimum absolute atomic E-state index is 0.0597. The molecule has 110 valence electrons. The molecule has 1 N–H and O–H groups in total. The van der Waals surface area contributed by atoms with Crippen molar-refractivity contribution in [1.82, 2.24) is 0 Å². The highest BCUT2D eigenvalue weighted by Crippen LogP contribution is 2.20. The minimum atomic E-state index is -1.06. The third kappa shape index (κ3) is 4.02. The van der Waals surface area contributed by atoms with Gasteiger partial charge in [0.1, 0.15) is 0 Å². The van der Waals surface area contributed by atoms with E-state index in [1.807, 2.05) is 0 Å². The summed E-state index contributed by atoms with van der Waals surface area (Å²) in [4.78, 5) is 11.3. The standard InChI is InChI=1S/C16H13ClF2O2/c17-13-5-1-3-10(8-13)7-12(16(20)21)9-11-4-2-6-14(18)15(11)19/h1-6,8,12H,7,9H2,(H,20,21). The van der Waals surface area contributed by atoms with Gasteiger partial charge in [0.05, 0.1) is 5.92 Å². The van der Waals surface area contributed by atoms with Crippen LogP contribution in [0.4, 0.5) is 8.78 Å². The molecule has 0 saturated carbocycles. The highest BCUT2D eigenvalue weighted by Gasteiger charge is 2.21. The Morgan fingerprint density at radius 3 is 2.52 bits per heavy atom. The second-order valence-corrected chi connectivity index (χ2v) is 5.22. The first-order valence-corrected chi connectivity index (χ1v) is 6.75. The van der Waals surface area contributed by atoms with Crippen molar-refractivity contribution >= 4 is 17.6 Å². The van der Waals surface area contributed by atoms with E-state index in [0.717, 1.165) is 11.6 Å². The molecule has 0 radical (unpaired) electrons. The molecule has 0 amide bonds. The van der Waals surface area contributed by atoms with Gasteiger partial charge in [-0.25, -0.2) is 8.78 Å². The molecule has 21 heavy (non-hydrogen) atoms. The van der Waals surface area contributed by atoms with Gasteiger partial charge in [-0.1, -0.05) is 35.9 Å². The Morgan fingerprint density at radius 2 is 1.86 bits per heavy atom. The summed E-state index contributed by atoms with van der Waals surface area (Å²) >= 11 is 5.86. The lowest BCUT2D eigenvalue weighted by atomic mass is 9.92. The molecule has 5 heteroatoms. The first kappa shape index (κ1) is 15.4. The third-order valence-corrected chi connectivity index (χ3v) is 3.45. The van der Waals surface area contributed by atoms with E-state index >= 15 is 0 Å². The normalized spacial score (nSPS) is 12.1. The van der Waals surface area contributed by atoms with Gasteiger partial charge in [0.25, 0.3) is 0 Å². The molecule has 1 atom stereocenters. The minimum Gasteiger partial charge on any atom is -0.481 e. The summed E-state index contributed by atoms with van der Waals surface area (Å²) < 4.78 is 26.8. The van der Waals surface area contributed by atoms with Crippen molar-refractivity contribution in [2.75, 3.05) is 0 Å². The molecule has 0 fully saturated rings. The van der Waals surface area contributed by atoms with Crippen molar-refractivity contribution in [2.45, 2.75) is 12.8 Å². The summed E-state index contributed by atoms with van der Waals surface area (Å²) in [6.45, 7) is 0. The zero-order valence-corrected chi connectivity index (χ0v) is 11.8. The van der Waals surface area contributed by atoms with E-state index in [9.17, 15) is 18.7 Å². The summed E-state index contributed by atoms with van der Waals surface area (Å²) in [5, 5.41) is 9.78. The molecule has 0 aliphatic carbocycles. The van der Waals surface area contributed by atoms with Crippen molar-refractivity contribution < 1.29 is 18.7 Å². The zero-order valence-electron chi connectivity index (χ0n) is 11.0. The topological polar surface area (TPSA) is 37.3 Å². The molecule has 2 aromatic rings. The Bertz CT molecular complexity index is 658. The van der Waals surface area contributed by atoms with E-state index in [-0.39, 0.29) is 18.4 Å². The highest BCUT2D eigenvalue weighted by molar-refractivity contribution is 6.30. The lowest BCUT2D eigenvalue weighted by Gasteiger charge is -2.13. The van der Waals surface area contributed by atoms with Crippen LogP contribution >= 0.6 is 11.6 Å². The molecule has 0 heterocycles. The molecule has 2 nitrogen and oxygen atoms in total. The summed E-state index contributed by atoms with van der Waals surface area (Å²) in [5.74, 6) is -3.87. The maximum atomic E-state index is 13.6. The van der Waals surface area contributed by atoms with Crippen LogP contribution in [-0.2, 0) is 17.6 Å². The molecule has 0 aromatic heterocycles. The molecule has 2 aromatic carbocycles. The Balaban J connectivity index is 2.20. The van der Waals surface area contributed by atoms with Gasteiger partial charge >= 0.3 is 5.97 Å². The fraction of sp³-hybridized carbons (Fsp3) is 0.188. The summed E-state index contributed by atoms with van der Waals surface area (Å²) in [6.07, 6.45) is 0.122. The smallest absolute Gasteiger partial charge is 0.307 e. The van der Waals surface area contributed by atoms with Crippen molar-refractivity contribution in [2.24, 2.45) is 5.92 Å². The molecule has 0 saturated heterocycles. The van der Waals surface area contributed by atoms with Crippen LogP contribution in [0, 0.1) is 17.6 Å². The van der Waals surface area contributed by atoms with Crippen LogP contribution in [0.15, 0.2) is 42.5 Å². The van der Waals surface area contributed by atoms with Crippen LogP contribution in [0.1, 0.15) is 11.1 Å². The molecule has 2 rings (SSSR count). The molecule has 0 spiro atoms. The SMILES string of the molecule is O=C(O)C(Cc1cccc(Cl)c1)Cc1cccc(F)c1F. The number of carboxylic acids is 1. The fourth-order valence-corrected chi connectivity index (χ4v) is 2.38. The third-order valence-electron chi connectivity index (χ3n) is 3.22. The van der Waals surface area contributed by atoms with E-state index in [2.05, 4.69) is 0 Å². The first-order chi connectivity index (χ1) is 9.97. The first-order valence-electron chi connectivity index (χ1n) is 6.37. The number of carbonyl (C=O) groups is 1. The average Bonchev–Trinajstić information content (AvgIpc) is 2.43. The molecule has 0 bridgehead atoms. The summed E-state index contributed by atoms with van der Waals surface area (Å²) in [5.41, 5.74) is 0.802. The van der Waals surface area contributed by atoms with Crippen LogP contribution in [0.5, 0.6) is 0 Å². The van der Waals surface area contributed by atoms with E-state index in [1.165, 1.54) is 12.1 Å². The Labute approximate surface area is 126 Å². The largest absolute Gasteiger partial charge is 0.481 e. The number of hydrogen-bond donors (Lipinski definition) is 1. The zero-order chi connectivity index (χ0) is 15.4. The van der Waals surface area contributed by atoms with Gasteiger partial charge < -0.3 is 5.11 Å². The van der Waals surface area contributed by atoms with Gasteiger partial charge in [0.15, 0.2) is 11.6 Å². The second kappa shape index (κ2) is 6.68. The van der Waals surface area contributed by atoms with Crippen molar-refractivity contribution in [3.63, 3.8) is 0 Å². The van der Waals surface area contributed by atoms with Gasteiger partial charge in [-0.2, -0.15) is 0 Å².